The lowest BCUT2D eigenvalue weighted by atomic mass is 10.1. The molecule has 17 heavy (non-hydrogen) atoms. The molecule has 0 aromatic carbocycles. The maximum absolute atomic E-state index is 6.00. The second-order valence-electron chi connectivity index (χ2n) is 4.54. The Labute approximate surface area is 110 Å². The molecule has 0 saturated carbocycles. The minimum Gasteiger partial charge on any atom is -0.336 e. The van der Waals surface area contributed by atoms with Crippen LogP contribution in [0, 0.1) is 0 Å². The van der Waals surface area contributed by atoms with Crippen molar-refractivity contribution in [2.24, 2.45) is 4.99 Å². The zero-order valence-corrected chi connectivity index (χ0v) is 11.9. The first kappa shape index (κ1) is 14.4. The third-order valence-corrected chi connectivity index (χ3v) is 3.32. The fourth-order valence-electron chi connectivity index (χ4n) is 2.09. The van der Waals surface area contributed by atoms with Gasteiger partial charge in [-0.1, -0.05) is 44.2 Å². The minimum atomic E-state index is 0.327. The van der Waals surface area contributed by atoms with Crippen molar-refractivity contribution in [1.82, 2.24) is 10.2 Å². The molecule has 3 nitrogen and oxygen atoms in total. The van der Waals surface area contributed by atoms with Gasteiger partial charge in [0.25, 0.3) is 0 Å². The van der Waals surface area contributed by atoms with Gasteiger partial charge < -0.3 is 10.2 Å². The van der Waals surface area contributed by atoms with E-state index in [4.69, 9.17) is 11.6 Å². The van der Waals surface area contributed by atoms with Crippen LogP contribution in [0.25, 0.3) is 0 Å². The van der Waals surface area contributed by atoms with E-state index >= 15 is 0 Å². The maximum Gasteiger partial charge on any atom is 0.199 e. The predicted octanol–water partition coefficient (Wildman–Crippen LogP) is 3.32. The minimum absolute atomic E-state index is 0.327. The highest BCUT2D eigenvalue weighted by Crippen LogP contribution is 2.14. The largest absolute Gasteiger partial charge is 0.336 e. The van der Waals surface area contributed by atoms with Gasteiger partial charge in [0.1, 0.15) is 5.16 Å². The van der Waals surface area contributed by atoms with Gasteiger partial charge in [0.05, 0.1) is 6.04 Å². The zero-order chi connectivity index (χ0) is 12.7. The first-order valence-electron chi connectivity index (χ1n) is 6.56. The van der Waals surface area contributed by atoms with Crippen LogP contribution >= 0.6 is 11.6 Å². The van der Waals surface area contributed by atoms with E-state index in [1.165, 1.54) is 32.1 Å². The molecule has 0 aliphatic carbocycles. The van der Waals surface area contributed by atoms with Crippen molar-refractivity contribution in [3.63, 3.8) is 0 Å². The van der Waals surface area contributed by atoms with Crippen LogP contribution in [0.5, 0.6) is 0 Å². The highest BCUT2D eigenvalue weighted by molar-refractivity contribution is 6.30. The van der Waals surface area contributed by atoms with Gasteiger partial charge in [-0.05, 0) is 19.4 Å². The van der Waals surface area contributed by atoms with Crippen LogP contribution in [0.2, 0.25) is 0 Å². The molecule has 0 fully saturated rings. The van der Waals surface area contributed by atoms with Crippen molar-refractivity contribution in [2.45, 2.75) is 52.0 Å². The Hall–Kier alpha value is -0.700. The first-order chi connectivity index (χ1) is 8.19. The molecule has 0 saturated heterocycles. The first-order valence-corrected chi connectivity index (χ1v) is 6.94. The Balaban J connectivity index is 2.40. The van der Waals surface area contributed by atoms with Crippen LogP contribution in [0.1, 0.15) is 46.0 Å². The van der Waals surface area contributed by atoms with Crippen LogP contribution in [0.15, 0.2) is 16.2 Å². The number of halogens is 1. The van der Waals surface area contributed by atoms with Gasteiger partial charge in [0, 0.05) is 13.6 Å². The van der Waals surface area contributed by atoms with Gasteiger partial charge >= 0.3 is 0 Å². The third kappa shape index (κ3) is 4.58. The summed E-state index contributed by atoms with van der Waals surface area (Å²) in [6.45, 7) is 5.44. The fourth-order valence-corrected chi connectivity index (χ4v) is 2.36. The van der Waals surface area contributed by atoms with E-state index in [-0.39, 0.29) is 0 Å². The Bertz CT molecular complexity index is 286. The summed E-state index contributed by atoms with van der Waals surface area (Å²) in [7, 11) is 1.80. The van der Waals surface area contributed by atoms with E-state index in [9.17, 15) is 0 Å². The van der Waals surface area contributed by atoms with Gasteiger partial charge in [-0.25, -0.2) is 0 Å². The molecule has 0 aromatic rings. The van der Waals surface area contributed by atoms with E-state index < -0.39 is 0 Å². The summed E-state index contributed by atoms with van der Waals surface area (Å²) < 4.78 is 0. The highest BCUT2D eigenvalue weighted by Gasteiger charge is 2.21. The zero-order valence-electron chi connectivity index (χ0n) is 11.2. The van der Waals surface area contributed by atoms with Gasteiger partial charge in [-0.2, -0.15) is 0 Å². The fraction of sp³-hybridized carbons (Fsp3) is 0.769. The molecule has 0 spiro atoms. The normalized spacial score (nSPS) is 22.6. The molecule has 1 rings (SSSR count). The van der Waals surface area contributed by atoms with Gasteiger partial charge in [0.15, 0.2) is 5.96 Å². The molecule has 0 amide bonds. The monoisotopic (exact) mass is 257 g/mol. The number of rotatable bonds is 6. The van der Waals surface area contributed by atoms with Gasteiger partial charge in [-0.3, -0.25) is 4.99 Å². The molecule has 98 valence electrons. The Morgan fingerprint density at radius 1 is 1.35 bits per heavy atom. The smallest absolute Gasteiger partial charge is 0.199 e. The average molecular weight is 258 g/mol. The summed E-state index contributed by atoms with van der Waals surface area (Å²) in [5.41, 5.74) is 0. The van der Waals surface area contributed by atoms with Crippen LogP contribution in [0.3, 0.4) is 0 Å². The van der Waals surface area contributed by atoms with Crippen molar-refractivity contribution in [1.29, 1.82) is 0 Å². The summed E-state index contributed by atoms with van der Waals surface area (Å²) >= 11 is 6.00. The molecule has 4 heteroatoms. The second-order valence-corrected chi connectivity index (χ2v) is 4.94. The molecule has 1 N–H and O–H groups in total. The van der Waals surface area contributed by atoms with E-state index in [0.29, 0.717) is 11.2 Å². The van der Waals surface area contributed by atoms with Crippen LogP contribution in [-0.4, -0.2) is 30.5 Å². The summed E-state index contributed by atoms with van der Waals surface area (Å²) in [6, 6.07) is 0.327. The van der Waals surface area contributed by atoms with Crippen molar-refractivity contribution in [3.8, 4) is 0 Å². The number of unbranched alkanes of at least 4 members (excludes halogenated alkanes) is 4. The molecular formula is C13H24ClN3. The summed E-state index contributed by atoms with van der Waals surface area (Å²) in [6.07, 6.45) is 8.52. The molecule has 1 unspecified atom stereocenters. The maximum atomic E-state index is 6.00. The van der Waals surface area contributed by atoms with Crippen molar-refractivity contribution < 1.29 is 0 Å². The van der Waals surface area contributed by atoms with Crippen LogP contribution in [0.4, 0.5) is 0 Å². The molecule has 1 aliphatic heterocycles. The second kappa shape index (κ2) is 7.59. The van der Waals surface area contributed by atoms with E-state index in [2.05, 4.69) is 29.1 Å². The summed E-state index contributed by atoms with van der Waals surface area (Å²) in [5.74, 6) is 0.889. The molecular weight excluding hydrogens is 234 g/mol. The number of guanidine groups is 1. The van der Waals surface area contributed by atoms with E-state index in [0.717, 1.165) is 12.5 Å². The molecule has 0 radical (unpaired) electrons. The Morgan fingerprint density at radius 2 is 2.06 bits per heavy atom. The molecule has 0 aromatic heterocycles. The Kier molecular flexibility index (Phi) is 6.41. The SMILES string of the molecule is CCCCCCCN1C(=NC)NC(Cl)=CC1C. The van der Waals surface area contributed by atoms with Crippen molar-refractivity contribution in [2.75, 3.05) is 13.6 Å². The predicted molar refractivity (Wildman–Crippen MR) is 75.4 cm³/mol. The topological polar surface area (TPSA) is 27.6 Å². The lowest BCUT2D eigenvalue weighted by Crippen LogP contribution is -2.48. The van der Waals surface area contributed by atoms with Crippen molar-refractivity contribution >= 4 is 17.6 Å². The summed E-state index contributed by atoms with van der Waals surface area (Å²) in [4.78, 5) is 6.53. The third-order valence-electron chi connectivity index (χ3n) is 3.10. The van der Waals surface area contributed by atoms with E-state index in [1.54, 1.807) is 7.05 Å². The van der Waals surface area contributed by atoms with Gasteiger partial charge in [0.2, 0.25) is 0 Å². The number of hydrogen-bond acceptors (Lipinski definition) is 1. The number of aliphatic imine (C=N–C) groups is 1. The Morgan fingerprint density at radius 3 is 2.71 bits per heavy atom. The molecule has 1 atom stereocenters. The lowest BCUT2D eigenvalue weighted by molar-refractivity contribution is 0.345. The molecule has 0 bridgehead atoms. The number of nitrogens with zero attached hydrogens (tertiary/aromatic N) is 2. The quantitative estimate of drug-likeness (QED) is 0.584. The molecule has 1 aliphatic rings. The molecule has 1 heterocycles. The van der Waals surface area contributed by atoms with Gasteiger partial charge in [-0.15, -0.1) is 0 Å². The van der Waals surface area contributed by atoms with Crippen molar-refractivity contribution in [3.05, 3.63) is 11.2 Å². The van der Waals surface area contributed by atoms with Crippen LogP contribution in [-0.2, 0) is 0 Å². The van der Waals surface area contributed by atoms with E-state index in [1.807, 2.05) is 6.08 Å². The average Bonchev–Trinajstić information content (AvgIpc) is 2.30. The standard InChI is InChI=1S/C13H24ClN3/c1-4-5-6-7-8-9-17-11(2)10-12(14)16-13(17)15-3/h10-11H,4-9H2,1-3H3,(H,15,16). The highest BCUT2D eigenvalue weighted by atomic mass is 35.5. The lowest BCUT2D eigenvalue weighted by Gasteiger charge is -2.34. The number of nitrogens with one attached hydrogen (secondary N) is 1. The van der Waals surface area contributed by atoms with Crippen LogP contribution < -0.4 is 5.32 Å². The number of hydrogen-bond donors (Lipinski definition) is 1. The summed E-state index contributed by atoms with van der Waals surface area (Å²) in [5, 5.41) is 3.78.